The molecule has 0 fully saturated rings. The highest BCUT2D eigenvalue weighted by Crippen LogP contribution is 2.33. The van der Waals surface area contributed by atoms with Crippen molar-refractivity contribution in [2.24, 2.45) is 0 Å². The Morgan fingerprint density at radius 3 is 2.50 bits per heavy atom. The lowest BCUT2D eigenvalue weighted by Gasteiger charge is -2.18. The summed E-state index contributed by atoms with van der Waals surface area (Å²) in [5.74, 6) is 0.791. The zero-order chi connectivity index (χ0) is 18.7. The standard InChI is InChI=1S/C20H18F2O4/c1-24-15-6-7-16-13(11-15)4-5-14(19(16)23)9-12-3-8-17(25-2)18(10-12)26-20(21)22/h3,6-11,20H,4-5H2,1-2H3/b14-9+. The maximum atomic E-state index is 12.7. The molecule has 136 valence electrons. The zero-order valence-corrected chi connectivity index (χ0v) is 14.4. The van der Waals surface area contributed by atoms with Gasteiger partial charge in [-0.05, 0) is 60.4 Å². The quantitative estimate of drug-likeness (QED) is 0.736. The number of hydrogen-bond acceptors (Lipinski definition) is 4. The van der Waals surface area contributed by atoms with Crippen LogP contribution in [0.25, 0.3) is 6.08 Å². The molecule has 1 aliphatic carbocycles. The molecule has 4 nitrogen and oxygen atoms in total. The molecule has 0 radical (unpaired) electrons. The van der Waals surface area contributed by atoms with Crippen molar-refractivity contribution in [2.45, 2.75) is 19.5 Å². The molecule has 2 aromatic rings. The predicted molar refractivity (Wildman–Crippen MR) is 93.2 cm³/mol. The number of alkyl halides is 2. The summed E-state index contributed by atoms with van der Waals surface area (Å²) in [7, 11) is 2.96. The van der Waals surface area contributed by atoms with Crippen molar-refractivity contribution < 1.29 is 27.8 Å². The van der Waals surface area contributed by atoms with Crippen LogP contribution >= 0.6 is 0 Å². The number of rotatable bonds is 5. The smallest absolute Gasteiger partial charge is 0.387 e. The van der Waals surface area contributed by atoms with Gasteiger partial charge in [-0.3, -0.25) is 4.79 Å². The minimum Gasteiger partial charge on any atom is -0.497 e. The van der Waals surface area contributed by atoms with E-state index in [0.29, 0.717) is 35.3 Å². The van der Waals surface area contributed by atoms with Crippen LogP contribution in [0.1, 0.15) is 27.9 Å². The van der Waals surface area contributed by atoms with E-state index in [1.807, 2.05) is 6.07 Å². The molecule has 0 saturated heterocycles. The van der Waals surface area contributed by atoms with Gasteiger partial charge in [0.05, 0.1) is 14.2 Å². The highest BCUT2D eigenvalue weighted by Gasteiger charge is 2.22. The molecule has 0 unspecified atom stereocenters. The number of ketones is 1. The fourth-order valence-electron chi connectivity index (χ4n) is 2.99. The van der Waals surface area contributed by atoms with E-state index in [2.05, 4.69) is 4.74 Å². The number of allylic oxidation sites excluding steroid dienone is 1. The lowest BCUT2D eigenvalue weighted by molar-refractivity contribution is -0.0512. The molecule has 6 heteroatoms. The van der Waals surface area contributed by atoms with Crippen molar-refractivity contribution in [3.8, 4) is 17.2 Å². The monoisotopic (exact) mass is 360 g/mol. The first-order chi connectivity index (χ1) is 12.5. The Labute approximate surface area is 150 Å². The number of methoxy groups -OCH3 is 2. The first-order valence-corrected chi connectivity index (χ1v) is 8.07. The number of carbonyl (C=O) groups excluding carboxylic acids is 1. The third-order valence-electron chi connectivity index (χ3n) is 4.26. The van der Waals surface area contributed by atoms with Crippen LogP contribution in [0, 0.1) is 0 Å². The summed E-state index contributed by atoms with van der Waals surface area (Å²) in [4.78, 5) is 12.7. The molecule has 0 amide bonds. The maximum Gasteiger partial charge on any atom is 0.387 e. The van der Waals surface area contributed by atoms with Gasteiger partial charge in [0, 0.05) is 11.1 Å². The summed E-state index contributed by atoms with van der Waals surface area (Å²) in [6.07, 6.45) is 2.98. The number of halogens is 2. The number of aryl methyl sites for hydroxylation is 1. The van der Waals surface area contributed by atoms with Gasteiger partial charge in [0.15, 0.2) is 17.3 Å². The molecule has 0 spiro atoms. The van der Waals surface area contributed by atoms with Crippen molar-refractivity contribution in [3.05, 3.63) is 58.7 Å². The van der Waals surface area contributed by atoms with Crippen LogP contribution in [0.4, 0.5) is 8.78 Å². The van der Waals surface area contributed by atoms with E-state index in [1.165, 1.54) is 19.2 Å². The van der Waals surface area contributed by atoms with Crippen LogP contribution in [0.15, 0.2) is 42.0 Å². The van der Waals surface area contributed by atoms with Crippen LogP contribution in [0.2, 0.25) is 0 Å². The van der Waals surface area contributed by atoms with Crippen LogP contribution in [0.5, 0.6) is 17.2 Å². The summed E-state index contributed by atoms with van der Waals surface area (Å²) in [6, 6.07) is 10.0. The normalized spacial score (nSPS) is 15.1. The van der Waals surface area contributed by atoms with E-state index in [4.69, 9.17) is 9.47 Å². The Balaban J connectivity index is 1.91. The molecule has 0 aliphatic heterocycles. The van der Waals surface area contributed by atoms with Gasteiger partial charge in [-0.25, -0.2) is 0 Å². The van der Waals surface area contributed by atoms with Gasteiger partial charge >= 0.3 is 6.61 Å². The summed E-state index contributed by atoms with van der Waals surface area (Å²) < 4.78 is 39.8. The second-order valence-electron chi connectivity index (χ2n) is 5.81. The van der Waals surface area contributed by atoms with Gasteiger partial charge < -0.3 is 14.2 Å². The highest BCUT2D eigenvalue weighted by atomic mass is 19.3. The lowest BCUT2D eigenvalue weighted by atomic mass is 9.86. The van der Waals surface area contributed by atoms with Gasteiger partial charge in [0.25, 0.3) is 0 Å². The molecule has 2 aromatic carbocycles. The van der Waals surface area contributed by atoms with Crippen LogP contribution in [-0.2, 0) is 6.42 Å². The van der Waals surface area contributed by atoms with Crippen molar-refractivity contribution in [2.75, 3.05) is 14.2 Å². The van der Waals surface area contributed by atoms with Gasteiger partial charge in [-0.15, -0.1) is 0 Å². The molecule has 0 atom stereocenters. The van der Waals surface area contributed by atoms with Gasteiger partial charge in [-0.2, -0.15) is 8.78 Å². The molecule has 0 heterocycles. The van der Waals surface area contributed by atoms with E-state index >= 15 is 0 Å². The average molecular weight is 360 g/mol. The molecule has 0 bridgehead atoms. The average Bonchev–Trinajstić information content (AvgIpc) is 2.63. The number of benzene rings is 2. The molecule has 26 heavy (non-hydrogen) atoms. The first kappa shape index (κ1) is 17.9. The summed E-state index contributed by atoms with van der Waals surface area (Å²) >= 11 is 0. The van der Waals surface area contributed by atoms with Gasteiger partial charge in [0.2, 0.25) is 0 Å². The number of carbonyl (C=O) groups is 1. The number of fused-ring (bicyclic) bond motifs is 1. The molecular weight excluding hydrogens is 342 g/mol. The Hall–Kier alpha value is -2.89. The second kappa shape index (κ2) is 7.56. The number of hydrogen-bond donors (Lipinski definition) is 0. The van der Waals surface area contributed by atoms with Crippen molar-refractivity contribution >= 4 is 11.9 Å². The first-order valence-electron chi connectivity index (χ1n) is 8.07. The summed E-state index contributed by atoms with van der Waals surface area (Å²) in [5, 5.41) is 0. The molecule has 0 saturated carbocycles. The minimum absolute atomic E-state index is 0.0646. The van der Waals surface area contributed by atoms with Gasteiger partial charge in [-0.1, -0.05) is 6.07 Å². The van der Waals surface area contributed by atoms with Crippen molar-refractivity contribution in [1.29, 1.82) is 0 Å². The van der Waals surface area contributed by atoms with E-state index in [9.17, 15) is 13.6 Å². The Morgan fingerprint density at radius 1 is 1.00 bits per heavy atom. The summed E-state index contributed by atoms with van der Waals surface area (Å²) in [6.45, 7) is -2.95. The highest BCUT2D eigenvalue weighted by molar-refractivity contribution is 6.13. The minimum atomic E-state index is -2.95. The molecule has 0 N–H and O–H groups in total. The van der Waals surface area contributed by atoms with E-state index in [0.717, 1.165) is 5.56 Å². The Bertz CT molecular complexity index is 859. The Morgan fingerprint density at radius 2 is 1.81 bits per heavy atom. The fraction of sp³-hybridized carbons (Fsp3) is 0.250. The second-order valence-corrected chi connectivity index (χ2v) is 5.81. The Kier molecular flexibility index (Phi) is 5.21. The van der Waals surface area contributed by atoms with E-state index < -0.39 is 6.61 Å². The number of Topliss-reactive ketones (excluding diaryl/α,β-unsaturated/α-hetero) is 1. The third-order valence-corrected chi connectivity index (χ3v) is 4.26. The van der Waals surface area contributed by atoms with Crippen LogP contribution in [-0.4, -0.2) is 26.6 Å². The fourth-order valence-corrected chi connectivity index (χ4v) is 2.99. The van der Waals surface area contributed by atoms with Gasteiger partial charge in [0.1, 0.15) is 5.75 Å². The molecule has 1 aliphatic rings. The largest absolute Gasteiger partial charge is 0.497 e. The third kappa shape index (κ3) is 3.69. The molecule has 3 rings (SSSR count). The zero-order valence-electron chi connectivity index (χ0n) is 14.4. The number of ether oxygens (including phenoxy) is 3. The maximum absolute atomic E-state index is 12.7. The van der Waals surface area contributed by atoms with Crippen molar-refractivity contribution in [1.82, 2.24) is 0 Å². The topological polar surface area (TPSA) is 44.8 Å². The van der Waals surface area contributed by atoms with Crippen molar-refractivity contribution in [3.63, 3.8) is 0 Å². The predicted octanol–water partition coefficient (Wildman–Crippen LogP) is 4.52. The van der Waals surface area contributed by atoms with Crippen LogP contribution in [0.3, 0.4) is 0 Å². The van der Waals surface area contributed by atoms with E-state index in [-0.39, 0.29) is 17.3 Å². The van der Waals surface area contributed by atoms with Crippen LogP contribution < -0.4 is 14.2 Å². The molecule has 0 aromatic heterocycles. The summed E-state index contributed by atoms with van der Waals surface area (Å²) in [5.41, 5.74) is 2.81. The van der Waals surface area contributed by atoms with E-state index in [1.54, 1.807) is 31.4 Å². The lowest BCUT2D eigenvalue weighted by Crippen LogP contribution is -2.14. The SMILES string of the molecule is COc1ccc2c(c1)CC/C(=C\c1ccc(OC)c(OC(F)F)c1)C2=O. The molecular formula is C20H18F2O4.